The molecule has 0 amide bonds. The van der Waals surface area contributed by atoms with E-state index in [2.05, 4.69) is 11.6 Å². The minimum Gasteiger partial charge on any atom is -0.378 e. The van der Waals surface area contributed by atoms with Crippen molar-refractivity contribution in [2.24, 2.45) is 0 Å². The Labute approximate surface area is 79.2 Å². The number of hydrogen-bond donors (Lipinski definition) is 1. The maximum atomic E-state index is 5.29. The molecule has 0 aromatic carbocycles. The zero-order chi connectivity index (χ0) is 9.07. The monoisotopic (exact) mass is 193 g/mol. The zero-order valence-electron chi connectivity index (χ0n) is 7.97. The molecule has 1 N–H and O–H groups in total. The van der Waals surface area contributed by atoms with Gasteiger partial charge >= 0.3 is 0 Å². The van der Waals surface area contributed by atoms with E-state index in [1.54, 1.807) is 11.8 Å². The van der Waals surface area contributed by atoms with Gasteiger partial charge in [-0.05, 0) is 13.3 Å². The van der Waals surface area contributed by atoms with Crippen molar-refractivity contribution in [3.63, 3.8) is 0 Å². The summed E-state index contributed by atoms with van der Waals surface area (Å²) in [6.45, 7) is 3.92. The number of thioether (sulfide) groups is 1. The van der Waals surface area contributed by atoms with Gasteiger partial charge < -0.3 is 14.8 Å². The first-order chi connectivity index (χ1) is 5.91. The molecule has 0 spiro atoms. The van der Waals surface area contributed by atoms with Crippen LogP contribution in [0.3, 0.4) is 0 Å². The topological polar surface area (TPSA) is 30.5 Å². The smallest absolute Gasteiger partial charge is 0.0701 e. The van der Waals surface area contributed by atoms with Gasteiger partial charge in [-0.25, -0.2) is 0 Å². The summed E-state index contributed by atoms with van der Waals surface area (Å²) in [6.07, 6.45) is 2.08. The van der Waals surface area contributed by atoms with Gasteiger partial charge in [0.1, 0.15) is 0 Å². The molecule has 3 nitrogen and oxygen atoms in total. The number of rotatable bonds is 9. The molecule has 0 aliphatic rings. The molecule has 0 saturated carbocycles. The molecule has 0 rings (SSSR count). The van der Waals surface area contributed by atoms with Crippen LogP contribution in [0.15, 0.2) is 0 Å². The second kappa shape index (κ2) is 11.2. The summed E-state index contributed by atoms with van der Waals surface area (Å²) in [5, 5.41) is 3.01. The molecule has 0 aliphatic carbocycles. The van der Waals surface area contributed by atoms with E-state index in [1.165, 1.54) is 0 Å². The Morgan fingerprint density at radius 1 is 1.08 bits per heavy atom. The average molecular weight is 193 g/mol. The van der Waals surface area contributed by atoms with Crippen LogP contribution in [0, 0.1) is 0 Å². The Balaban J connectivity index is 2.73. The summed E-state index contributed by atoms with van der Waals surface area (Å²) in [5.74, 6) is 1.07. The second-order valence-electron chi connectivity index (χ2n) is 2.32. The first-order valence-corrected chi connectivity index (χ1v) is 5.60. The average Bonchev–Trinajstić information content (AvgIpc) is 2.10. The van der Waals surface area contributed by atoms with E-state index in [1.807, 2.05) is 7.05 Å². The van der Waals surface area contributed by atoms with Gasteiger partial charge in [-0.2, -0.15) is 11.8 Å². The molecule has 0 saturated heterocycles. The van der Waals surface area contributed by atoms with E-state index in [0.717, 1.165) is 25.5 Å². The number of ether oxygens (including phenoxy) is 2. The summed E-state index contributed by atoms with van der Waals surface area (Å²) >= 11 is 1.80. The van der Waals surface area contributed by atoms with E-state index in [4.69, 9.17) is 9.47 Å². The molecule has 0 fully saturated rings. The molecule has 0 aromatic rings. The Bertz CT molecular complexity index is 73.5. The fourth-order valence-electron chi connectivity index (χ4n) is 0.638. The third-order valence-electron chi connectivity index (χ3n) is 1.30. The molecule has 0 radical (unpaired) electrons. The van der Waals surface area contributed by atoms with Crippen LogP contribution in [0.5, 0.6) is 0 Å². The highest BCUT2D eigenvalue weighted by Gasteiger charge is 1.88. The molecular formula is C8H19NO2S. The van der Waals surface area contributed by atoms with E-state index < -0.39 is 0 Å². The first-order valence-electron chi connectivity index (χ1n) is 4.21. The minimum absolute atomic E-state index is 0.704. The van der Waals surface area contributed by atoms with Crippen LogP contribution in [0.25, 0.3) is 0 Å². The molecule has 0 atom stereocenters. The van der Waals surface area contributed by atoms with E-state index in [0.29, 0.717) is 13.2 Å². The molecule has 0 heterocycles. The van der Waals surface area contributed by atoms with Crippen molar-refractivity contribution in [2.75, 3.05) is 52.0 Å². The molecule has 0 bridgehead atoms. The molecule has 0 aliphatic heterocycles. The summed E-state index contributed by atoms with van der Waals surface area (Å²) in [7, 11) is 1.92. The number of hydrogen-bond acceptors (Lipinski definition) is 4. The van der Waals surface area contributed by atoms with Crippen LogP contribution in [-0.2, 0) is 9.47 Å². The lowest BCUT2D eigenvalue weighted by molar-refractivity contribution is 0.0555. The van der Waals surface area contributed by atoms with Crippen LogP contribution >= 0.6 is 11.8 Å². The van der Waals surface area contributed by atoms with Crippen LogP contribution in [0.2, 0.25) is 0 Å². The van der Waals surface area contributed by atoms with Gasteiger partial charge in [-0.1, -0.05) is 0 Å². The van der Waals surface area contributed by atoms with Crippen molar-refractivity contribution < 1.29 is 9.47 Å². The summed E-state index contributed by atoms with van der Waals surface area (Å²) in [6, 6.07) is 0. The van der Waals surface area contributed by atoms with E-state index >= 15 is 0 Å². The first kappa shape index (κ1) is 12.2. The predicted octanol–water partition coefficient (Wildman–Crippen LogP) is 0.602. The van der Waals surface area contributed by atoms with Crippen LogP contribution < -0.4 is 5.32 Å². The fourth-order valence-corrected chi connectivity index (χ4v) is 0.923. The van der Waals surface area contributed by atoms with E-state index in [-0.39, 0.29) is 0 Å². The highest BCUT2D eigenvalue weighted by atomic mass is 32.2. The number of nitrogens with one attached hydrogen (secondary N) is 1. The molecule has 4 heteroatoms. The Kier molecular flexibility index (Phi) is 11.4. The lowest BCUT2D eigenvalue weighted by Gasteiger charge is -2.04. The fraction of sp³-hybridized carbons (Fsp3) is 1.00. The second-order valence-corrected chi connectivity index (χ2v) is 3.31. The number of likely N-dealkylation sites (N-methyl/N-ethyl adjacent to an activating group) is 1. The molecule has 12 heavy (non-hydrogen) atoms. The minimum atomic E-state index is 0.704. The SMILES string of the molecule is CNCCOCCOCCSC. The van der Waals surface area contributed by atoms with Crippen molar-refractivity contribution in [2.45, 2.75) is 0 Å². The zero-order valence-corrected chi connectivity index (χ0v) is 8.78. The van der Waals surface area contributed by atoms with Crippen molar-refractivity contribution in [1.29, 1.82) is 0 Å². The van der Waals surface area contributed by atoms with Gasteiger partial charge in [0.15, 0.2) is 0 Å². The van der Waals surface area contributed by atoms with E-state index in [9.17, 15) is 0 Å². The van der Waals surface area contributed by atoms with Gasteiger partial charge in [0.2, 0.25) is 0 Å². The van der Waals surface area contributed by atoms with Gasteiger partial charge in [0.25, 0.3) is 0 Å². The van der Waals surface area contributed by atoms with Gasteiger partial charge in [0.05, 0.1) is 26.4 Å². The summed E-state index contributed by atoms with van der Waals surface area (Å²) in [4.78, 5) is 0. The standard InChI is InChI=1S/C8H19NO2S/c1-9-3-4-10-5-6-11-7-8-12-2/h9H,3-8H2,1-2H3. The van der Waals surface area contributed by atoms with Crippen molar-refractivity contribution in [1.82, 2.24) is 5.32 Å². The normalized spacial score (nSPS) is 10.5. The van der Waals surface area contributed by atoms with Crippen molar-refractivity contribution >= 4 is 11.8 Å². The largest absolute Gasteiger partial charge is 0.378 e. The Morgan fingerprint density at radius 3 is 2.33 bits per heavy atom. The molecule has 0 unspecified atom stereocenters. The quantitative estimate of drug-likeness (QED) is 0.543. The lowest BCUT2D eigenvalue weighted by Crippen LogP contribution is -2.16. The summed E-state index contributed by atoms with van der Waals surface area (Å²) < 4.78 is 10.5. The predicted molar refractivity (Wildman–Crippen MR) is 53.9 cm³/mol. The highest BCUT2D eigenvalue weighted by molar-refractivity contribution is 7.98. The Morgan fingerprint density at radius 2 is 1.75 bits per heavy atom. The molecule has 74 valence electrons. The van der Waals surface area contributed by atoms with Crippen molar-refractivity contribution in [3.8, 4) is 0 Å². The third-order valence-corrected chi connectivity index (χ3v) is 1.88. The highest BCUT2D eigenvalue weighted by Crippen LogP contribution is 1.90. The van der Waals surface area contributed by atoms with Crippen LogP contribution in [-0.4, -0.2) is 52.0 Å². The van der Waals surface area contributed by atoms with Crippen molar-refractivity contribution in [3.05, 3.63) is 0 Å². The molecular weight excluding hydrogens is 174 g/mol. The van der Waals surface area contributed by atoms with Gasteiger partial charge in [0, 0.05) is 12.3 Å². The summed E-state index contributed by atoms with van der Waals surface area (Å²) in [5.41, 5.74) is 0. The molecule has 0 aromatic heterocycles. The Hall–Kier alpha value is 0.230. The van der Waals surface area contributed by atoms with Crippen LogP contribution in [0.4, 0.5) is 0 Å². The van der Waals surface area contributed by atoms with Gasteiger partial charge in [-0.15, -0.1) is 0 Å². The van der Waals surface area contributed by atoms with Crippen LogP contribution in [0.1, 0.15) is 0 Å². The maximum Gasteiger partial charge on any atom is 0.0701 e. The third kappa shape index (κ3) is 10.2. The maximum absolute atomic E-state index is 5.29. The van der Waals surface area contributed by atoms with Gasteiger partial charge in [-0.3, -0.25) is 0 Å². The lowest BCUT2D eigenvalue weighted by atomic mass is 10.7.